The molecule has 3 aromatic rings. The van der Waals surface area contributed by atoms with Gasteiger partial charge >= 0.3 is 0 Å². The number of aryl methyl sites for hydroxylation is 1. The predicted octanol–water partition coefficient (Wildman–Crippen LogP) is 5.13. The predicted molar refractivity (Wildman–Crippen MR) is 143 cm³/mol. The average molecular weight is 586 g/mol. The van der Waals surface area contributed by atoms with Gasteiger partial charge < -0.3 is 9.73 Å². The monoisotopic (exact) mass is 585 g/mol. The first kappa shape index (κ1) is 28.2. The summed E-state index contributed by atoms with van der Waals surface area (Å²) in [6.07, 6.45) is 1.53. The number of hydrogen-bond acceptors (Lipinski definition) is 8. The van der Waals surface area contributed by atoms with Crippen molar-refractivity contribution in [1.82, 2.24) is 10.7 Å². The minimum atomic E-state index is -1.06. The zero-order valence-corrected chi connectivity index (χ0v) is 22.2. The van der Waals surface area contributed by atoms with E-state index in [4.69, 9.17) is 4.42 Å². The highest BCUT2D eigenvalue weighted by Crippen LogP contribution is 2.30. The Morgan fingerprint density at radius 1 is 1.05 bits per heavy atom. The second-order valence-corrected chi connectivity index (χ2v) is 9.68. The summed E-state index contributed by atoms with van der Waals surface area (Å²) in [5.74, 6) is -0.561. The lowest BCUT2D eigenvalue weighted by Gasteiger charge is -2.18. The molecule has 2 aromatic carbocycles. The summed E-state index contributed by atoms with van der Waals surface area (Å²) in [5, 5.41) is 28.7. The van der Waals surface area contributed by atoms with E-state index < -0.39 is 39.1 Å². The number of nitrogens with zero attached hydrogens (tertiary/aromatic N) is 3. The SMILES string of the molecule is Cc1ccc(-c2ccc(/C=N\NC(=O)[C@@H](CC(C)C)NC(=O)c3cc([N+](=O)[O-])cc([N+](=O)[O-])c3)o2)c(Br)c1. The Morgan fingerprint density at radius 3 is 2.29 bits per heavy atom. The van der Waals surface area contributed by atoms with Gasteiger partial charge in [0, 0.05) is 22.2 Å². The molecule has 0 spiro atoms. The number of non-ortho nitro benzene ring substituents is 2. The van der Waals surface area contributed by atoms with Gasteiger partial charge in [0.2, 0.25) is 0 Å². The molecule has 12 nitrogen and oxygen atoms in total. The van der Waals surface area contributed by atoms with Crippen LogP contribution in [0.15, 0.2) is 62.5 Å². The number of benzene rings is 2. The molecule has 13 heteroatoms. The quantitative estimate of drug-likeness (QED) is 0.188. The van der Waals surface area contributed by atoms with E-state index in [1.54, 1.807) is 12.1 Å². The van der Waals surface area contributed by atoms with Crippen LogP contribution in [0.25, 0.3) is 11.3 Å². The fourth-order valence-electron chi connectivity index (χ4n) is 3.51. The van der Waals surface area contributed by atoms with E-state index in [0.29, 0.717) is 11.5 Å². The molecule has 198 valence electrons. The number of nitro groups is 2. The van der Waals surface area contributed by atoms with Crippen LogP contribution in [0.5, 0.6) is 0 Å². The molecule has 38 heavy (non-hydrogen) atoms. The zero-order valence-electron chi connectivity index (χ0n) is 20.6. The first-order valence-corrected chi connectivity index (χ1v) is 12.2. The molecule has 2 N–H and O–H groups in total. The summed E-state index contributed by atoms with van der Waals surface area (Å²) in [5.41, 5.74) is 2.73. The topological polar surface area (TPSA) is 170 Å². The summed E-state index contributed by atoms with van der Waals surface area (Å²) < 4.78 is 6.64. The summed E-state index contributed by atoms with van der Waals surface area (Å²) in [7, 11) is 0. The number of furan rings is 1. The molecule has 0 unspecified atom stereocenters. The molecular weight excluding hydrogens is 562 g/mol. The lowest BCUT2D eigenvalue weighted by Crippen LogP contribution is -2.46. The van der Waals surface area contributed by atoms with Gasteiger partial charge in [-0.2, -0.15) is 5.10 Å². The van der Waals surface area contributed by atoms with Crippen molar-refractivity contribution in [3.05, 3.63) is 90.1 Å². The van der Waals surface area contributed by atoms with E-state index in [-0.39, 0.29) is 17.9 Å². The largest absolute Gasteiger partial charge is 0.455 e. The molecule has 1 heterocycles. The lowest BCUT2D eigenvalue weighted by atomic mass is 10.0. The third-order valence-electron chi connectivity index (χ3n) is 5.30. The lowest BCUT2D eigenvalue weighted by molar-refractivity contribution is -0.394. The van der Waals surface area contributed by atoms with Crippen molar-refractivity contribution in [2.45, 2.75) is 33.2 Å². The Hall–Kier alpha value is -4.39. The molecule has 0 radical (unpaired) electrons. The Bertz CT molecular complexity index is 1380. The van der Waals surface area contributed by atoms with E-state index in [2.05, 4.69) is 31.8 Å². The van der Waals surface area contributed by atoms with Crippen molar-refractivity contribution in [1.29, 1.82) is 0 Å². The van der Waals surface area contributed by atoms with E-state index in [1.807, 2.05) is 39.0 Å². The van der Waals surface area contributed by atoms with Crippen molar-refractivity contribution in [2.24, 2.45) is 11.0 Å². The molecule has 0 bridgehead atoms. The number of carbonyl (C=O) groups is 2. The van der Waals surface area contributed by atoms with Crippen LogP contribution in [0.3, 0.4) is 0 Å². The second kappa shape index (κ2) is 12.2. The Kier molecular flexibility index (Phi) is 9.07. The molecule has 1 aromatic heterocycles. The number of rotatable bonds is 10. The second-order valence-electron chi connectivity index (χ2n) is 8.83. The molecule has 0 saturated carbocycles. The smallest absolute Gasteiger partial charge is 0.277 e. The number of halogens is 1. The number of nitrogens with one attached hydrogen (secondary N) is 2. The summed E-state index contributed by atoms with van der Waals surface area (Å²) >= 11 is 3.51. The number of hydrogen-bond donors (Lipinski definition) is 2. The van der Waals surface area contributed by atoms with Gasteiger partial charge in [-0.15, -0.1) is 0 Å². The highest BCUT2D eigenvalue weighted by molar-refractivity contribution is 9.10. The molecule has 0 aliphatic carbocycles. The Labute approximate surface area is 225 Å². The fraction of sp³-hybridized carbons (Fsp3) is 0.240. The number of nitro benzene ring substituents is 2. The average Bonchev–Trinajstić information content (AvgIpc) is 3.31. The van der Waals surface area contributed by atoms with Crippen molar-refractivity contribution >= 4 is 45.3 Å². The van der Waals surface area contributed by atoms with Crippen LogP contribution in [0.4, 0.5) is 11.4 Å². The maximum atomic E-state index is 12.8. The summed E-state index contributed by atoms with van der Waals surface area (Å²) in [6.45, 7) is 5.64. The normalized spacial score (nSPS) is 11.9. The molecule has 0 fully saturated rings. The number of amides is 2. The van der Waals surface area contributed by atoms with Crippen LogP contribution < -0.4 is 10.7 Å². The van der Waals surface area contributed by atoms with E-state index >= 15 is 0 Å². The highest BCUT2D eigenvalue weighted by atomic mass is 79.9. The molecule has 0 aliphatic rings. The molecular formula is C25H24BrN5O7. The summed E-state index contributed by atoms with van der Waals surface area (Å²) in [6, 6.07) is 10.8. The first-order valence-electron chi connectivity index (χ1n) is 11.4. The summed E-state index contributed by atoms with van der Waals surface area (Å²) in [4.78, 5) is 46.2. The van der Waals surface area contributed by atoms with Crippen molar-refractivity contribution < 1.29 is 23.9 Å². The third kappa shape index (κ3) is 7.32. The van der Waals surface area contributed by atoms with Crippen LogP contribution in [0.2, 0.25) is 0 Å². The molecule has 0 saturated heterocycles. The molecule has 1 atom stereocenters. The van der Waals surface area contributed by atoms with E-state index in [1.165, 1.54) is 6.21 Å². The Balaban J connectivity index is 1.72. The standard InChI is InChI=1S/C25H24BrN5O7/c1-14(2)8-22(28-24(32)16-10-17(30(34)35)12-18(11-16)31(36)37)25(33)29-27-13-19-5-7-23(38-19)20-6-4-15(3)9-21(20)26/h4-7,9-14,22H,8H2,1-3H3,(H,28,32)(H,29,33)/b27-13-/t22-/m1/s1. The molecule has 2 amide bonds. The minimum Gasteiger partial charge on any atom is -0.455 e. The van der Waals surface area contributed by atoms with E-state index in [9.17, 15) is 29.8 Å². The van der Waals surface area contributed by atoms with Gasteiger partial charge in [0.15, 0.2) is 0 Å². The van der Waals surface area contributed by atoms with Crippen molar-refractivity contribution in [3.8, 4) is 11.3 Å². The van der Waals surface area contributed by atoms with Crippen LogP contribution in [0, 0.1) is 33.1 Å². The number of carbonyl (C=O) groups excluding carboxylic acids is 2. The zero-order chi connectivity index (χ0) is 28.0. The molecule has 0 aliphatic heterocycles. The Morgan fingerprint density at radius 2 is 1.71 bits per heavy atom. The highest BCUT2D eigenvalue weighted by Gasteiger charge is 2.25. The van der Waals surface area contributed by atoms with Crippen molar-refractivity contribution in [2.75, 3.05) is 0 Å². The van der Waals surface area contributed by atoms with Crippen LogP contribution in [0.1, 0.15) is 41.9 Å². The van der Waals surface area contributed by atoms with Gasteiger partial charge in [-0.25, -0.2) is 5.43 Å². The maximum Gasteiger partial charge on any atom is 0.277 e. The van der Waals surface area contributed by atoms with Gasteiger partial charge in [-0.1, -0.05) is 35.8 Å². The van der Waals surface area contributed by atoms with Crippen LogP contribution >= 0.6 is 15.9 Å². The van der Waals surface area contributed by atoms with Gasteiger partial charge in [-0.05, 0) is 49.1 Å². The maximum absolute atomic E-state index is 12.8. The molecule has 3 rings (SSSR count). The van der Waals surface area contributed by atoms with Gasteiger partial charge in [0.25, 0.3) is 23.2 Å². The fourth-order valence-corrected chi connectivity index (χ4v) is 4.19. The van der Waals surface area contributed by atoms with Gasteiger partial charge in [-0.3, -0.25) is 29.8 Å². The van der Waals surface area contributed by atoms with Gasteiger partial charge in [0.1, 0.15) is 17.6 Å². The number of hydrazone groups is 1. The third-order valence-corrected chi connectivity index (χ3v) is 5.95. The van der Waals surface area contributed by atoms with Crippen LogP contribution in [-0.4, -0.2) is 33.9 Å². The minimum absolute atomic E-state index is 0.0185. The first-order chi connectivity index (χ1) is 17.9. The van der Waals surface area contributed by atoms with Crippen LogP contribution in [-0.2, 0) is 4.79 Å². The van der Waals surface area contributed by atoms with Gasteiger partial charge in [0.05, 0.1) is 27.7 Å². The van der Waals surface area contributed by atoms with Crippen molar-refractivity contribution in [3.63, 3.8) is 0 Å². The van der Waals surface area contributed by atoms with E-state index in [0.717, 1.165) is 33.8 Å².